The van der Waals surface area contributed by atoms with Gasteiger partial charge in [0.2, 0.25) is 0 Å². The molecule has 2 aromatic carbocycles. The van der Waals surface area contributed by atoms with Gasteiger partial charge in [0, 0.05) is 18.1 Å². The summed E-state index contributed by atoms with van der Waals surface area (Å²) in [5.74, 6) is 0.622. The number of nitrogens with zero attached hydrogens (tertiary/aromatic N) is 1. The van der Waals surface area contributed by atoms with E-state index < -0.39 is 0 Å². The van der Waals surface area contributed by atoms with E-state index in [2.05, 4.69) is 36.4 Å². The molecule has 3 aromatic rings. The van der Waals surface area contributed by atoms with Crippen molar-refractivity contribution in [2.75, 3.05) is 17.7 Å². The van der Waals surface area contributed by atoms with Gasteiger partial charge < -0.3 is 15.4 Å². The number of methoxy groups -OCH3 is 1. The summed E-state index contributed by atoms with van der Waals surface area (Å²) in [5.41, 5.74) is 5.54. The lowest BCUT2D eigenvalue weighted by Crippen LogP contribution is -2.21. The molecule has 1 heterocycles. The molecule has 0 radical (unpaired) electrons. The highest BCUT2D eigenvalue weighted by Gasteiger charge is 2.17. The Bertz CT molecular complexity index is 1010. The number of rotatable bonds is 4. The van der Waals surface area contributed by atoms with Crippen LogP contribution in [0.15, 0.2) is 60.9 Å². The predicted molar refractivity (Wildman–Crippen MR) is 119 cm³/mol. The van der Waals surface area contributed by atoms with Gasteiger partial charge in [-0.1, -0.05) is 39.0 Å². The van der Waals surface area contributed by atoms with E-state index in [1.54, 1.807) is 13.3 Å². The first-order chi connectivity index (χ1) is 13.8. The van der Waals surface area contributed by atoms with Crippen LogP contribution in [0.2, 0.25) is 0 Å². The predicted octanol–water partition coefficient (Wildman–Crippen LogP) is 6.01. The Morgan fingerprint density at radius 3 is 2.34 bits per heavy atom. The number of aryl methyl sites for hydroxylation is 1. The Labute approximate surface area is 172 Å². The van der Waals surface area contributed by atoms with E-state index in [1.165, 1.54) is 0 Å². The molecule has 150 valence electrons. The number of nitrogens with one attached hydrogen (secondary N) is 2. The molecule has 2 N–H and O–H groups in total. The van der Waals surface area contributed by atoms with Crippen molar-refractivity contribution in [3.05, 3.63) is 72.1 Å². The lowest BCUT2D eigenvalue weighted by atomic mass is 9.87. The number of carbonyl (C=O) groups is 1. The fourth-order valence-corrected chi connectivity index (χ4v) is 3.07. The maximum atomic E-state index is 12.6. The number of urea groups is 1. The van der Waals surface area contributed by atoms with Gasteiger partial charge in [-0.3, -0.25) is 4.98 Å². The summed E-state index contributed by atoms with van der Waals surface area (Å²) in [6.45, 7) is 8.36. The highest BCUT2D eigenvalue weighted by molar-refractivity contribution is 6.01. The van der Waals surface area contributed by atoms with E-state index >= 15 is 0 Å². The first-order valence-corrected chi connectivity index (χ1v) is 9.55. The van der Waals surface area contributed by atoms with Crippen LogP contribution in [-0.4, -0.2) is 18.1 Å². The van der Waals surface area contributed by atoms with Crippen LogP contribution in [0.5, 0.6) is 5.75 Å². The average Bonchev–Trinajstić information content (AvgIpc) is 2.69. The molecule has 0 fully saturated rings. The fourth-order valence-electron chi connectivity index (χ4n) is 3.07. The minimum atomic E-state index is -0.313. The molecule has 29 heavy (non-hydrogen) atoms. The Hall–Kier alpha value is -3.34. The molecular weight excluding hydrogens is 362 g/mol. The first kappa shape index (κ1) is 20.4. The van der Waals surface area contributed by atoms with Crippen LogP contribution in [-0.2, 0) is 5.41 Å². The summed E-state index contributed by atoms with van der Waals surface area (Å²) in [6, 6.07) is 15.4. The van der Waals surface area contributed by atoms with Gasteiger partial charge in [-0.25, -0.2) is 4.79 Å². The zero-order valence-electron chi connectivity index (χ0n) is 17.5. The molecule has 5 nitrogen and oxygen atoms in total. The molecule has 0 aliphatic rings. The first-order valence-electron chi connectivity index (χ1n) is 9.55. The summed E-state index contributed by atoms with van der Waals surface area (Å²) in [4.78, 5) is 16.8. The molecule has 2 amide bonds. The Morgan fingerprint density at radius 2 is 1.72 bits per heavy atom. The third kappa shape index (κ3) is 4.93. The second-order valence-corrected chi connectivity index (χ2v) is 8.02. The highest BCUT2D eigenvalue weighted by atomic mass is 16.5. The van der Waals surface area contributed by atoms with Gasteiger partial charge in [0.1, 0.15) is 5.75 Å². The van der Waals surface area contributed by atoms with E-state index in [0.29, 0.717) is 11.4 Å². The van der Waals surface area contributed by atoms with Crippen LogP contribution < -0.4 is 15.4 Å². The maximum Gasteiger partial charge on any atom is 0.323 e. The Kier molecular flexibility index (Phi) is 5.87. The van der Waals surface area contributed by atoms with Gasteiger partial charge in [-0.05, 0) is 64.9 Å². The van der Waals surface area contributed by atoms with Crippen molar-refractivity contribution in [3.63, 3.8) is 0 Å². The van der Waals surface area contributed by atoms with Crippen molar-refractivity contribution in [2.24, 2.45) is 0 Å². The topological polar surface area (TPSA) is 63.2 Å². The standard InChI is InChI=1S/C24H27N3O2/c1-16-13-17(18-7-6-12-25-15-18)8-10-20(16)26-23(28)27-21-14-19(24(2,3)4)9-11-22(21)29-5/h6-15H,1-5H3,(H2,26,27,28). The number of carbonyl (C=O) groups excluding carboxylic acids is 1. The largest absolute Gasteiger partial charge is 0.495 e. The molecule has 3 rings (SSSR count). The Morgan fingerprint density at radius 1 is 0.966 bits per heavy atom. The van der Waals surface area contributed by atoms with Crippen molar-refractivity contribution in [1.82, 2.24) is 4.98 Å². The smallest absolute Gasteiger partial charge is 0.323 e. The fraction of sp³-hybridized carbons (Fsp3) is 0.250. The maximum absolute atomic E-state index is 12.6. The van der Waals surface area contributed by atoms with E-state index in [9.17, 15) is 4.79 Å². The molecular formula is C24H27N3O2. The summed E-state index contributed by atoms with van der Waals surface area (Å²) < 4.78 is 5.40. The van der Waals surface area contributed by atoms with Crippen LogP contribution in [0.25, 0.3) is 11.1 Å². The van der Waals surface area contributed by atoms with Crippen molar-refractivity contribution >= 4 is 17.4 Å². The zero-order valence-corrected chi connectivity index (χ0v) is 17.5. The highest BCUT2D eigenvalue weighted by Crippen LogP contribution is 2.32. The van der Waals surface area contributed by atoms with Crippen LogP contribution in [0.3, 0.4) is 0 Å². The van der Waals surface area contributed by atoms with Gasteiger partial charge in [0.15, 0.2) is 0 Å². The third-order valence-electron chi connectivity index (χ3n) is 4.78. The lowest BCUT2D eigenvalue weighted by molar-refractivity contribution is 0.262. The van der Waals surface area contributed by atoms with E-state index in [4.69, 9.17) is 4.74 Å². The van der Waals surface area contributed by atoms with Gasteiger partial charge in [-0.15, -0.1) is 0 Å². The summed E-state index contributed by atoms with van der Waals surface area (Å²) in [6.07, 6.45) is 3.57. The lowest BCUT2D eigenvalue weighted by Gasteiger charge is -2.21. The number of hydrogen-bond acceptors (Lipinski definition) is 3. The molecule has 0 saturated carbocycles. The molecule has 0 aliphatic heterocycles. The number of pyridine rings is 1. The van der Waals surface area contributed by atoms with Gasteiger partial charge >= 0.3 is 6.03 Å². The van der Waals surface area contributed by atoms with Gasteiger partial charge in [0.05, 0.1) is 12.8 Å². The number of hydrogen-bond donors (Lipinski definition) is 2. The third-order valence-corrected chi connectivity index (χ3v) is 4.78. The summed E-state index contributed by atoms with van der Waals surface area (Å²) >= 11 is 0. The second-order valence-electron chi connectivity index (χ2n) is 8.02. The normalized spacial score (nSPS) is 11.1. The van der Waals surface area contributed by atoms with Crippen LogP contribution >= 0.6 is 0 Å². The van der Waals surface area contributed by atoms with E-state index in [-0.39, 0.29) is 11.4 Å². The number of ether oxygens (including phenoxy) is 1. The molecule has 5 heteroatoms. The number of benzene rings is 2. The number of aromatic nitrogens is 1. The van der Waals surface area contributed by atoms with Crippen LogP contribution in [0, 0.1) is 6.92 Å². The molecule has 0 spiro atoms. The summed E-state index contributed by atoms with van der Waals surface area (Å²) in [5, 5.41) is 5.84. The van der Waals surface area contributed by atoms with Gasteiger partial charge in [0.25, 0.3) is 0 Å². The van der Waals surface area contributed by atoms with Crippen molar-refractivity contribution in [1.29, 1.82) is 0 Å². The van der Waals surface area contributed by atoms with Gasteiger partial charge in [-0.2, -0.15) is 0 Å². The SMILES string of the molecule is COc1ccc(C(C)(C)C)cc1NC(=O)Nc1ccc(-c2cccnc2)cc1C. The van der Waals surface area contributed by atoms with Crippen LogP contribution in [0.1, 0.15) is 31.9 Å². The van der Waals surface area contributed by atoms with Crippen molar-refractivity contribution in [2.45, 2.75) is 33.1 Å². The Balaban J connectivity index is 1.77. The minimum Gasteiger partial charge on any atom is -0.495 e. The monoisotopic (exact) mass is 389 g/mol. The molecule has 0 atom stereocenters. The number of amides is 2. The molecule has 1 aromatic heterocycles. The van der Waals surface area contributed by atoms with Crippen molar-refractivity contribution in [3.8, 4) is 16.9 Å². The minimum absolute atomic E-state index is 0.0299. The number of anilines is 2. The second kappa shape index (κ2) is 8.35. The zero-order chi connectivity index (χ0) is 21.0. The summed E-state index contributed by atoms with van der Waals surface area (Å²) in [7, 11) is 1.59. The average molecular weight is 389 g/mol. The van der Waals surface area contributed by atoms with Crippen molar-refractivity contribution < 1.29 is 9.53 Å². The molecule has 0 aliphatic carbocycles. The molecule has 0 saturated heterocycles. The van der Waals surface area contributed by atoms with Crippen LogP contribution in [0.4, 0.5) is 16.2 Å². The molecule has 0 unspecified atom stereocenters. The quantitative estimate of drug-likeness (QED) is 0.574. The van der Waals surface area contributed by atoms with E-state index in [0.717, 1.165) is 27.9 Å². The molecule has 0 bridgehead atoms. The van der Waals surface area contributed by atoms with E-state index in [1.807, 2.05) is 61.7 Å².